The molecule has 4 nitrogen and oxygen atoms in total. The highest BCUT2D eigenvalue weighted by molar-refractivity contribution is 5.28. The molecule has 0 saturated carbocycles. The Morgan fingerprint density at radius 1 is 1.44 bits per heavy atom. The molecule has 0 spiro atoms. The van der Waals surface area contributed by atoms with Crippen LogP contribution in [-0.4, -0.2) is 30.5 Å². The van der Waals surface area contributed by atoms with Crippen molar-refractivity contribution < 1.29 is 4.74 Å². The molecule has 0 aromatic carbocycles. The van der Waals surface area contributed by atoms with Crippen molar-refractivity contribution in [1.29, 1.82) is 0 Å². The number of nitrogens with one attached hydrogen (secondary N) is 2. The summed E-state index contributed by atoms with van der Waals surface area (Å²) in [7, 11) is 1.99. The lowest BCUT2D eigenvalue weighted by atomic mass is 9.92. The third-order valence-corrected chi connectivity index (χ3v) is 3.30. The van der Waals surface area contributed by atoms with E-state index in [1.54, 1.807) is 0 Å². The Kier molecular flexibility index (Phi) is 3.96. The summed E-state index contributed by atoms with van der Waals surface area (Å²) in [4.78, 5) is 0. The third-order valence-electron chi connectivity index (χ3n) is 3.30. The van der Waals surface area contributed by atoms with E-state index in [-0.39, 0.29) is 0 Å². The zero-order valence-electron chi connectivity index (χ0n) is 10.2. The maximum absolute atomic E-state index is 5.40. The van der Waals surface area contributed by atoms with E-state index in [4.69, 9.17) is 4.74 Å². The standard InChI is InChI=1S/C12H21N3O/c1-3-11-10(8-13-2)12(15-14-11)9-4-6-16-7-5-9/h9,13H,3-8H2,1-2H3,(H,14,15). The molecule has 90 valence electrons. The fourth-order valence-electron chi connectivity index (χ4n) is 2.39. The Bertz CT molecular complexity index is 329. The van der Waals surface area contributed by atoms with Gasteiger partial charge in [0.1, 0.15) is 0 Å². The fourth-order valence-corrected chi connectivity index (χ4v) is 2.39. The molecular formula is C12H21N3O. The monoisotopic (exact) mass is 223 g/mol. The van der Waals surface area contributed by atoms with Gasteiger partial charge in [0.25, 0.3) is 0 Å². The Labute approximate surface area is 96.8 Å². The number of nitrogens with zero attached hydrogens (tertiary/aromatic N) is 1. The Balaban J connectivity index is 2.20. The number of hydrogen-bond donors (Lipinski definition) is 2. The number of aryl methyl sites for hydroxylation is 1. The van der Waals surface area contributed by atoms with Crippen LogP contribution in [0.1, 0.15) is 42.6 Å². The molecule has 1 saturated heterocycles. The van der Waals surface area contributed by atoms with Crippen LogP contribution in [0.15, 0.2) is 0 Å². The number of aromatic nitrogens is 2. The molecule has 2 heterocycles. The minimum Gasteiger partial charge on any atom is -0.381 e. The average molecular weight is 223 g/mol. The molecule has 0 bridgehead atoms. The van der Waals surface area contributed by atoms with Gasteiger partial charge in [-0.25, -0.2) is 0 Å². The van der Waals surface area contributed by atoms with Crippen LogP contribution in [0.3, 0.4) is 0 Å². The van der Waals surface area contributed by atoms with Crippen molar-refractivity contribution in [3.8, 4) is 0 Å². The van der Waals surface area contributed by atoms with Gasteiger partial charge in [-0.3, -0.25) is 5.10 Å². The quantitative estimate of drug-likeness (QED) is 0.815. The first-order valence-electron chi connectivity index (χ1n) is 6.15. The van der Waals surface area contributed by atoms with Crippen LogP contribution in [0.5, 0.6) is 0 Å². The van der Waals surface area contributed by atoms with Gasteiger partial charge in [0.05, 0.1) is 5.69 Å². The van der Waals surface area contributed by atoms with Gasteiger partial charge in [-0.1, -0.05) is 6.92 Å². The summed E-state index contributed by atoms with van der Waals surface area (Å²) >= 11 is 0. The molecule has 0 radical (unpaired) electrons. The Morgan fingerprint density at radius 2 is 2.19 bits per heavy atom. The average Bonchev–Trinajstić information content (AvgIpc) is 2.74. The molecule has 2 rings (SSSR count). The summed E-state index contributed by atoms with van der Waals surface area (Å²) in [5, 5.41) is 10.9. The van der Waals surface area contributed by atoms with Crippen molar-refractivity contribution in [3.63, 3.8) is 0 Å². The smallest absolute Gasteiger partial charge is 0.0702 e. The molecule has 1 aromatic rings. The SMILES string of the molecule is CCc1[nH]nc(C2CCOCC2)c1CNC. The summed E-state index contributed by atoms with van der Waals surface area (Å²) < 4.78 is 5.40. The van der Waals surface area contributed by atoms with Crippen molar-refractivity contribution in [2.45, 2.75) is 38.6 Å². The van der Waals surface area contributed by atoms with Crippen LogP contribution in [0.2, 0.25) is 0 Å². The highest BCUT2D eigenvalue weighted by atomic mass is 16.5. The first-order valence-corrected chi connectivity index (χ1v) is 6.15. The predicted octanol–water partition coefficient (Wildman–Crippen LogP) is 1.59. The number of rotatable bonds is 4. The second-order valence-electron chi connectivity index (χ2n) is 4.34. The van der Waals surface area contributed by atoms with E-state index in [2.05, 4.69) is 22.4 Å². The van der Waals surface area contributed by atoms with Crippen molar-refractivity contribution in [3.05, 3.63) is 17.0 Å². The molecule has 1 aliphatic rings. The number of ether oxygens (including phenoxy) is 1. The van der Waals surface area contributed by atoms with Crippen LogP contribution in [-0.2, 0) is 17.7 Å². The summed E-state index contributed by atoms with van der Waals surface area (Å²) in [6.45, 7) is 4.82. The lowest BCUT2D eigenvalue weighted by Gasteiger charge is -2.21. The summed E-state index contributed by atoms with van der Waals surface area (Å²) in [5.41, 5.74) is 3.90. The van der Waals surface area contributed by atoms with Gasteiger partial charge < -0.3 is 10.1 Å². The number of hydrogen-bond acceptors (Lipinski definition) is 3. The first-order chi connectivity index (χ1) is 7.86. The number of H-pyrrole nitrogens is 1. The molecule has 0 atom stereocenters. The van der Waals surface area contributed by atoms with E-state index in [9.17, 15) is 0 Å². The topological polar surface area (TPSA) is 49.9 Å². The van der Waals surface area contributed by atoms with E-state index in [0.29, 0.717) is 5.92 Å². The highest BCUT2D eigenvalue weighted by Crippen LogP contribution is 2.29. The minimum atomic E-state index is 0.577. The van der Waals surface area contributed by atoms with Crippen LogP contribution in [0, 0.1) is 0 Å². The van der Waals surface area contributed by atoms with E-state index >= 15 is 0 Å². The molecule has 0 aliphatic carbocycles. The molecular weight excluding hydrogens is 202 g/mol. The van der Waals surface area contributed by atoms with Gasteiger partial charge in [0.15, 0.2) is 0 Å². The summed E-state index contributed by atoms with van der Waals surface area (Å²) in [6, 6.07) is 0. The largest absolute Gasteiger partial charge is 0.381 e. The maximum Gasteiger partial charge on any atom is 0.0702 e. The van der Waals surface area contributed by atoms with Gasteiger partial charge in [0, 0.05) is 36.9 Å². The summed E-state index contributed by atoms with van der Waals surface area (Å²) in [5.74, 6) is 0.577. The van der Waals surface area contributed by atoms with Crippen LogP contribution in [0.25, 0.3) is 0 Å². The maximum atomic E-state index is 5.40. The Morgan fingerprint density at radius 3 is 2.81 bits per heavy atom. The van der Waals surface area contributed by atoms with Gasteiger partial charge in [-0.05, 0) is 26.3 Å². The van der Waals surface area contributed by atoms with Crippen molar-refractivity contribution in [1.82, 2.24) is 15.5 Å². The van der Waals surface area contributed by atoms with E-state index in [1.807, 2.05) is 7.05 Å². The van der Waals surface area contributed by atoms with Crippen LogP contribution >= 0.6 is 0 Å². The van der Waals surface area contributed by atoms with E-state index in [1.165, 1.54) is 17.0 Å². The lowest BCUT2D eigenvalue weighted by Crippen LogP contribution is -2.17. The summed E-state index contributed by atoms with van der Waals surface area (Å²) in [6.07, 6.45) is 3.22. The van der Waals surface area contributed by atoms with Gasteiger partial charge >= 0.3 is 0 Å². The second kappa shape index (κ2) is 5.46. The predicted molar refractivity (Wildman–Crippen MR) is 63.5 cm³/mol. The van der Waals surface area contributed by atoms with Crippen molar-refractivity contribution >= 4 is 0 Å². The molecule has 0 unspecified atom stereocenters. The number of aromatic amines is 1. The van der Waals surface area contributed by atoms with E-state index < -0.39 is 0 Å². The molecule has 1 aliphatic heterocycles. The second-order valence-corrected chi connectivity index (χ2v) is 4.34. The zero-order chi connectivity index (χ0) is 11.4. The Hall–Kier alpha value is -0.870. The van der Waals surface area contributed by atoms with Crippen LogP contribution < -0.4 is 5.32 Å². The molecule has 4 heteroatoms. The lowest BCUT2D eigenvalue weighted by molar-refractivity contribution is 0.0843. The normalized spacial score (nSPS) is 17.9. The molecule has 0 amide bonds. The molecule has 1 fully saturated rings. The fraction of sp³-hybridized carbons (Fsp3) is 0.750. The third kappa shape index (κ3) is 2.28. The molecule has 2 N–H and O–H groups in total. The van der Waals surface area contributed by atoms with Gasteiger partial charge in [-0.2, -0.15) is 5.10 Å². The zero-order valence-corrected chi connectivity index (χ0v) is 10.2. The van der Waals surface area contributed by atoms with Crippen molar-refractivity contribution in [2.24, 2.45) is 0 Å². The minimum absolute atomic E-state index is 0.577. The van der Waals surface area contributed by atoms with Crippen LogP contribution in [0.4, 0.5) is 0 Å². The highest BCUT2D eigenvalue weighted by Gasteiger charge is 2.22. The molecule has 16 heavy (non-hydrogen) atoms. The van der Waals surface area contributed by atoms with Crippen molar-refractivity contribution in [2.75, 3.05) is 20.3 Å². The first kappa shape index (κ1) is 11.6. The van der Waals surface area contributed by atoms with Gasteiger partial charge in [0.2, 0.25) is 0 Å². The van der Waals surface area contributed by atoms with Gasteiger partial charge in [-0.15, -0.1) is 0 Å². The molecule has 1 aromatic heterocycles. The van der Waals surface area contributed by atoms with E-state index in [0.717, 1.165) is 39.0 Å².